The second-order valence-electron chi connectivity index (χ2n) is 6.62. The number of nitrogens with one attached hydrogen (secondary N) is 1. The van der Waals surface area contributed by atoms with Crippen LogP contribution in [0.15, 0.2) is 22.7 Å². The van der Waals surface area contributed by atoms with Gasteiger partial charge in [-0.2, -0.15) is 0 Å². The molecule has 0 saturated carbocycles. The highest BCUT2D eigenvalue weighted by Crippen LogP contribution is 2.31. The summed E-state index contributed by atoms with van der Waals surface area (Å²) in [4.78, 5) is 0. The molecule has 2 unspecified atom stereocenters. The van der Waals surface area contributed by atoms with E-state index in [2.05, 4.69) is 48.9 Å². The molecular weight excluding hydrogens is 305 g/mol. The first-order valence-electron chi connectivity index (χ1n) is 6.85. The summed E-state index contributed by atoms with van der Waals surface area (Å²) in [6, 6.07) is 5.54. The summed E-state index contributed by atoms with van der Waals surface area (Å²) in [6.45, 7) is 9.10. The molecule has 1 aromatic carbocycles. The first kappa shape index (κ1) is 16.6. The zero-order valence-electron chi connectivity index (χ0n) is 12.6. The molecule has 1 rings (SSSR count). The van der Waals surface area contributed by atoms with Crippen molar-refractivity contribution in [1.82, 2.24) is 5.32 Å². The lowest BCUT2D eigenvalue weighted by Crippen LogP contribution is -2.21. The smallest absolute Gasteiger partial charge is 0.137 e. The Morgan fingerprint density at radius 1 is 1.32 bits per heavy atom. The molecule has 0 aliphatic carbocycles. The Hall–Kier alpha value is -0.410. The molecule has 1 N–H and O–H groups in total. The monoisotopic (exact) mass is 329 g/mol. The van der Waals surface area contributed by atoms with E-state index >= 15 is 0 Å². The van der Waals surface area contributed by atoms with Gasteiger partial charge in [0.15, 0.2) is 0 Å². The maximum absolute atomic E-state index is 13.3. The third-order valence-electron chi connectivity index (χ3n) is 3.29. The Morgan fingerprint density at radius 2 is 1.95 bits per heavy atom. The molecule has 0 amide bonds. The summed E-state index contributed by atoms with van der Waals surface area (Å²) in [7, 11) is 1.96. The minimum atomic E-state index is -0.207. The van der Waals surface area contributed by atoms with Crippen LogP contribution in [0.1, 0.15) is 52.1 Å². The molecular formula is C16H25BrFN. The van der Waals surface area contributed by atoms with Crippen LogP contribution in [0, 0.1) is 17.2 Å². The molecule has 0 fully saturated rings. The van der Waals surface area contributed by atoms with Crippen LogP contribution in [-0.4, -0.2) is 7.05 Å². The highest BCUT2D eigenvalue weighted by Gasteiger charge is 2.19. The molecule has 0 saturated heterocycles. The third kappa shape index (κ3) is 5.62. The maximum Gasteiger partial charge on any atom is 0.137 e. The molecule has 0 radical (unpaired) electrons. The minimum absolute atomic E-state index is 0.207. The predicted molar refractivity (Wildman–Crippen MR) is 83.8 cm³/mol. The topological polar surface area (TPSA) is 12.0 Å². The normalized spacial score (nSPS) is 15.3. The van der Waals surface area contributed by atoms with E-state index in [9.17, 15) is 4.39 Å². The molecule has 0 aliphatic rings. The van der Waals surface area contributed by atoms with Gasteiger partial charge in [0.25, 0.3) is 0 Å². The van der Waals surface area contributed by atoms with Crippen LogP contribution in [0.5, 0.6) is 0 Å². The Morgan fingerprint density at radius 3 is 2.42 bits per heavy atom. The van der Waals surface area contributed by atoms with Crippen LogP contribution in [0.4, 0.5) is 4.39 Å². The fraction of sp³-hybridized carbons (Fsp3) is 0.625. The molecule has 0 bridgehead atoms. The lowest BCUT2D eigenvalue weighted by atomic mass is 9.82. The van der Waals surface area contributed by atoms with Crippen LogP contribution in [0.3, 0.4) is 0 Å². The summed E-state index contributed by atoms with van der Waals surface area (Å²) in [5.41, 5.74) is 1.48. The van der Waals surface area contributed by atoms with Gasteiger partial charge in [-0.3, -0.25) is 0 Å². The van der Waals surface area contributed by atoms with Crippen molar-refractivity contribution in [1.29, 1.82) is 0 Å². The number of hydrogen-bond donors (Lipinski definition) is 1. The van der Waals surface area contributed by atoms with Gasteiger partial charge in [0.1, 0.15) is 5.82 Å². The first-order valence-corrected chi connectivity index (χ1v) is 7.64. The zero-order chi connectivity index (χ0) is 14.6. The van der Waals surface area contributed by atoms with E-state index < -0.39 is 0 Å². The fourth-order valence-electron chi connectivity index (χ4n) is 2.68. The molecule has 19 heavy (non-hydrogen) atoms. The molecule has 0 spiro atoms. The van der Waals surface area contributed by atoms with Gasteiger partial charge < -0.3 is 5.32 Å². The van der Waals surface area contributed by atoms with Gasteiger partial charge >= 0.3 is 0 Å². The van der Waals surface area contributed by atoms with Gasteiger partial charge in [-0.15, -0.1) is 0 Å². The van der Waals surface area contributed by atoms with Crippen LogP contribution in [-0.2, 0) is 0 Å². The number of benzene rings is 1. The van der Waals surface area contributed by atoms with Gasteiger partial charge in [0.05, 0.1) is 4.47 Å². The summed E-state index contributed by atoms with van der Waals surface area (Å²) >= 11 is 3.26. The summed E-state index contributed by atoms with van der Waals surface area (Å²) in [5.74, 6) is 0.419. The standard InChI is InChI=1S/C16H25BrFN/c1-11(10-16(2,3)4)8-15(19-5)12-6-7-14(18)13(17)9-12/h6-7,9,11,15,19H,8,10H2,1-5H3. The van der Waals surface area contributed by atoms with E-state index in [1.54, 1.807) is 0 Å². The lowest BCUT2D eigenvalue weighted by molar-refractivity contribution is 0.279. The lowest BCUT2D eigenvalue weighted by Gasteiger charge is -2.27. The van der Waals surface area contributed by atoms with Crippen LogP contribution < -0.4 is 5.32 Å². The summed E-state index contributed by atoms with van der Waals surface area (Å²) < 4.78 is 13.8. The Labute approximate surface area is 125 Å². The van der Waals surface area contributed by atoms with Gasteiger partial charge in [-0.1, -0.05) is 33.8 Å². The van der Waals surface area contributed by atoms with E-state index in [1.165, 1.54) is 12.5 Å². The van der Waals surface area contributed by atoms with Crippen molar-refractivity contribution in [2.75, 3.05) is 7.05 Å². The van der Waals surface area contributed by atoms with Crippen molar-refractivity contribution < 1.29 is 4.39 Å². The molecule has 0 aliphatic heterocycles. The summed E-state index contributed by atoms with van der Waals surface area (Å²) in [5, 5.41) is 3.34. The highest BCUT2D eigenvalue weighted by atomic mass is 79.9. The first-order chi connectivity index (χ1) is 8.73. The van der Waals surface area contributed by atoms with E-state index in [0.29, 0.717) is 15.8 Å². The zero-order valence-corrected chi connectivity index (χ0v) is 14.1. The van der Waals surface area contributed by atoms with Crippen LogP contribution in [0.2, 0.25) is 0 Å². The summed E-state index contributed by atoms with van der Waals surface area (Å²) in [6.07, 6.45) is 2.25. The van der Waals surface area contributed by atoms with Gasteiger partial charge in [-0.05, 0) is 64.8 Å². The third-order valence-corrected chi connectivity index (χ3v) is 3.90. The van der Waals surface area contributed by atoms with Crippen molar-refractivity contribution in [2.45, 2.75) is 46.6 Å². The van der Waals surface area contributed by atoms with Gasteiger partial charge in [-0.25, -0.2) is 4.39 Å². The number of hydrogen-bond acceptors (Lipinski definition) is 1. The predicted octanol–water partition coefficient (Wildman–Crippen LogP) is 5.31. The minimum Gasteiger partial charge on any atom is -0.313 e. The SMILES string of the molecule is CNC(CC(C)CC(C)(C)C)c1ccc(F)c(Br)c1. The molecule has 1 aromatic rings. The fourth-order valence-corrected chi connectivity index (χ4v) is 3.08. The Kier molecular flexibility index (Phi) is 6.00. The van der Waals surface area contributed by atoms with Crippen LogP contribution >= 0.6 is 15.9 Å². The Bertz CT molecular complexity index is 412. The number of halogens is 2. The van der Waals surface area contributed by atoms with E-state index in [1.807, 2.05) is 19.2 Å². The van der Waals surface area contributed by atoms with Gasteiger partial charge in [0.2, 0.25) is 0 Å². The van der Waals surface area contributed by atoms with Crippen molar-refractivity contribution >= 4 is 15.9 Å². The molecule has 0 aromatic heterocycles. The average molecular weight is 330 g/mol. The maximum atomic E-state index is 13.3. The van der Waals surface area contributed by atoms with Crippen LogP contribution in [0.25, 0.3) is 0 Å². The van der Waals surface area contributed by atoms with Crippen molar-refractivity contribution in [3.63, 3.8) is 0 Å². The molecule has 3 heteroatoms. The Balaban J connectivity index is 2.75. The van der Waals surface area contributed by atoms with Crippen molar-refractivity contribution in [2.24, 2.45) is 11.3 Å². The molecule has 0 heterocycles. The van der Waals surface area contributed by atoms with E-state index in [4.69, 9.17) is 0 Å². The largest absolute Gasteiger partial charge is 0.313 e. The molecule has 1 nitrogen and oxygen atoms in total. The van der Waals surface area contributed by atoms with E-state index in [-0.39, 0.29) is 11.9 Å². The second-order valence-corrected chi connectivity index (χ2v) is 7.47. The molecule has 108 valence electrons. The second kappa shape index (κ2) is 6.85. The quantitative estimate of drug-likeness (QED) is 0.771. The molecule has 2 atom stereocenters. The van der Waals surface area contributed by atoms with Crippen molar-refractivity contribution in [3.05, 3.63) is 34.1 Å². The van der Waals surface area contributed by atoms with E-state index in [0.717, 1.165) is 12.0 Å². The average Bonchev–Trinajstić information content (AvgIpc) is 2.27. The van der Waals surface area contributed by atoms with Crippen molar-refractivity contribution in [3.8, 4) is 0 Å². The number of rotatable bonds is 5. The highest BCUT2D eigenvalue weighted by molar-refractivity contribution is 9.10. The van der Waals surface area contributed by atoms with Gasteiger partial charge in [0, 0.05) is 6.04 Å².